The zero-order valence-electron chi connectivity index (χ0n) is 20.9. The van der Waals surface area contributed by atoms with Crippen molar-refractivity contribution in [3.8, 4) is 76.5 Å². The molecule has 8 nitrogen and oxygen atoms in total. The minimum absolute atomic E-state index is 0.00138. The molecule has 0 fully saturated rings. The maximum atomic E-state index is 9.21. The van der Waals surface area contributed by atoms with Gasteiger partial charge in [-0.2, -0.15) is 21.0 Å². The van der Waals surface area contributed by atoms with Crippen LogP contribution in [0.1, 0.15) is 9.75 Å². The Balaban J connectivity index is 1.51. The molecule has 0 radical (unpaired) electrons. The molecule has 0 aromatic carbocycles. The van der Waals surface area contributed by atoms with Gasteiger partial charge in [0, 0.05) is 19.5 Å². The zero-order chi connectivity index (χ0) is 28.2. The summed E-state index contributed by atoms with van der Waals surface area (Å²) in [6, 6.07) is 15.7. The fourth-order valence-electron chi connectivity index (χ4n) is 3.91. The SMILES string of the molecule is COc1c(C=C(C#N)C#N)sc(-c2ccc(-c3ccc(-c4sc(C=C(C#N)C#N)c5c4OCCO5)s3)s2)c1OC. The van der Waals surface area contributed by atoms with Crippen molar-refractivity contribution in [1.82, 2.24) is 0 Å². The van der Waals surface area contributed by atoms with Gasteiger partial charge < -0.3 is 18.9 Å². The van der Waals surface area contributed by atoms with E-state index in [9.17, 15) is 21.0 Å². The van der Waals surface area contributed by atoms with E-state index in [1.54, 1.807) is 29.8 Å². The summed E-state index contributed by atoms with van der Waals surface area (Å²) in [4.78, 5) is 7.07. The average molecular weight is 601 g/mol. The third-order valence-electron chi connectivity index (χ3n) is 5.62. The molecule has 5 heterocycles. The van der Waals surface area contributed by atoms with Gasteiger partial charge in [0.05, 0.1) is 33.7 Å². The summed E-state index contributed by atoms with van der Waals surface area (Å²) in [7, 11) is 3.09. The van der Waals surface area contributed by atoms with Crippen LogP contribution in [0.25, 0.3) is 41.4 Å². The standard InChI is InChI=1S/C28H16N4O4S4/c1-33-23-21(9-15(11-29)12-30)39-27(25(23)34-2)19-5-3-17(37-19)18-4-6-20(38-18)28-26-24(35-7-8-36-26)22(40-28)10-16(13-31)14-32/h3-6,9-10H,7-8H2,1-2H3. The Labute approximate surface area is 245 Å². The highest BCUT2D eigenvalue weighted by atomic mass is 32.1. The second-order valence-corrected chi connectivity index (χ2v) is 12.2. The van der Waals surface area contributed by atoms with Gasteiger partial charge in [-0.15, -0.1) is 45.3 Å². The van der Waals surface area contributed by atoms with Crippen LogP contribution in [0.5, 0.6) is 23.0 Å². The molecule has 1 aliphatic rings. The van der Waals surface area contributed by atoms with Gasteiger partial charge in [-0.1, -0.05) is 0 Å². The van der Waals surface area contributed by atoms with Crippen LogP contribution >= 0.6 is 45.3 Å². The molecule has 0 N–H and O–H groups in total. The summed E-state index contributed by atoms with van der Waals surface area (Å²) in [6.07, 6.45) is 3.03. The number of methoxy groups -OCH3 is 2. The first-order valence-corrected chi connectivity index (χ1v) is 14.7. The molecule has 0 amide bonds. The molecule has 0 saturated carbocycles. The van der Waals surface area contributed by atoms with E-state index in [1.807, 2.05) is 48.5 Å². The van der Waals surface area contributed by atoms with E-state index >= 15 is 0 Å². The Morgan fingerprint density at radius 1 is 0.650 bits per heavy atom. The number of nitrogens with zero attached hydrogens (tertiary/aromatic N) is 4. The molecule has 0 atom stereocenters. The number of hydrogen-bond donors (Lipinski definition) is 0. The summed E-state index contributed by atoms with van der Waals surface area (Å²) in [5.74, 6) is 2.21. The van der Waals surface area contributed by atoms with E-state index in [0.717, 1.165) is 29.3 Å². The Bertz CT molecular complexity index is 1690. The molecular weight excluding hydrogens is 585 g/mol. The third-order valence-corrected chi connectivity index (χ3v) is 10.5. The molecule has 1 aliphatic heterocycles. The number of fused-ring (bicyclic) bond motifs is 1. The maximum absolute atomic E-state index is 9.21. The predicted molar refractivity (Wildman–Crippen MR) is 157 cm³/mol. The van der Waals surface area contributed by atoms with Gasteiger partial charge in [0.15, 0.2) is 23.0 Å². The lowest BCUT2D eigenvalue weighted by Gasteiger charge is -2.16. The van der Waals surface area contributed by atoms with Gasteiger partial charge >= 0.3 is 0 Å². The van der Waals surface area contributed by atoms with Crippen LogP contribution in [0.3, 0.4) is 0 Å². The smallest absolute Gasteiger partial charge is 0.181 e. The largest absolute Gasteiger partial charge is 0.491 e. The van der Waals surface area contributed by atoms with Crippen LogP contribution in [-0.4, -0.2) is 27.4 Å². The van der Waals surface area contributed by atoms with E-state index in [1.165, 1.54) is 41.9 Å². The van der Waals surface area contributed by atoms with Gasteiger partial charge in [-0.05, 0) is 36.4 Å². The van der Waals surface area contributed by atoms with E-state index in [-0.39, 0.29) is 11.1 Å². The van der Waals surface area contributed by atoms with E-state index < -0.39 is 0 Å². The van der Waals surface area contributed by atoms with Crippen molar-refractivity contribution >= 4 is 57.5 Å². The van der Waals surface area contributed by atoms with Gasteiger partial charge in [0.2, 0.25) is 0 Å². The third kappa shape index (κ3) is 4.94. The average Bonchev–Trinajstić information content (AvgIpc) is 3.78. The summed E-state index contributed by atoms with van der Waals surface area (Å²) in [6.45, 7) is 0.818. The molecule has 40 heavy (non-hydrogen) atoms. The summed E-state index contributed by atoms with van der Waals surface area (Å²) in [5.41, 5.74) is -0.0227. The molecule has 0 spiro atoms. The maximum Gasteiger partial charge on any atom is 0.181 e. The fourth-order valence-corrected chi connectivity index (χ4v) is 8.54. The zero-order valence-corrected chi connectivity index (χ0v) is 24.2. The second kappa shape index (κ2) is 11.7. The Morgan fingerprint density at radius 3 is 1.68 bits per heavy atom. The van der Waals surface area contributed by atoms with Crippen LogP contribution in [0.4, 0.5) is 0 Å². The van der Waals surface area contributed by atoms with Crippen LogP contribution in [0.2, 0.25) is 0 Å². The normalized spacial score (nSPS) is 11.3. The first-order valence-electron chi connectivity index (χ1n) is 11.5. The van der Waals surface area contributed by atoms with E-state index in [0.29, 0.717) is 46.0 Å². The Hall–Kier alpha value is -4.56. The minimum atomic E-state index is -0.0213. The fraction of sp³-hybridized carbons (Fsp3) is 0.143. The number of allylic oxidation sites excluding steroid dienone is 2. The summed E-state index contributed by atoms with van der Waals surface area (Å²) in [5, 5.41) is 36.8. The molecule has 0 bridgehead atoms. The minimum Gasteiger partial charge on any atom is -0.491 e. The van der Waals surface area contributed by atoms with Crippen LogP contribution in [0.15, 0.2) is 35.4 Å². The van der Waals surface area contributed by atoms with Gasteiger partial charge in [0.1, 0.15) is 48.6 Å². The lowest BCUT2D eigenvalue weighted by atomic mass is 10.2. The molecule has 5 rings (SSSR count). The molecule has 4 aromatic rings. The molecule has 0 aliphatic carbocycles. The van der Waals surface area contributed by atoms with Crippen molar-refractivity contribution in [2.24, 2.45) is 0 Å². The van der Waals surface area contributed by atoms with Crippen molar-refractivity contribution in [2.45, 2.75) is 0 Å². The van der Waals surface area contributed by atoms with Gasteiger partial charge in [-0.25, -0.2) is 0 Å². The Kier molecular flexibility index (Phi) is 7.89. The second-order valence-electron chi connectivity index (χ2n) is 7.90. The number of ether oxygens (including phenoxy) is 4. The van der Waals surface area contributed by atoms with Crippen molar-refractivity contribution in [2.75, 3.05) is 27.4 Å². The number of nitriles is 4. The first kappa shape index (κ1) is 27.0. The number of hydrogen-bond acceptors (Lipinski definition) is 12. The number of thiophene rings is 4. The van der Waals surface area contributed by atoms with Crippen molar-refractivity contribution < 1.29 is 18.9 Å². The molecule has 12 heteroatoms. The lowest BCUT2D eigenvalue weighted by molar-refractivity contribution is 0.174. The molecule has 0 unspecified atom stereocenters. The molecular formula is C28H16N4O4S4. The number of rotatable bonds is 7. The highest BCUT2D eigenvalue weighted by Crippen LogP contribution is 2.54. The highest BCUT2D eigenvalue weighted by Gasteiger charge is 2.26. The summed E-state index contributed by atoms with van der Waals surface area (Å²) < 4.78 is 23.0. The van der Waals surface area contributed by atoms with Crippen molar-refractivity contribution in [3.05, 3.63) is 45.2 Å². The van der Waals surface area contributed by atoms with Crippen LogP contribution in [0, 0.1) is 45.3 Å². The first-order chi connectivity index (χ1) is 19.5. The van der Waals surface area contributed by atoms with Crippen LogP contribution in [-0.2, 0) is 0 Å². The summed E-state index contributed by atoms with van der Waals surface area (Å²) >= 11 is 6.00. The van der Waals surface area contributed by atoms with Crippen molar-refractivity contribution in [3.63, 3.8) is 0 Å². The van der Waals surface area contributed by atoms with E-state index in [2.05, 4.69) is 0 Å². The van der Waals surface area contributed by atoms with E-state index in [4.69, 9.17) is 18.9 Å². The quantitative estimate of drug-likeness (QED) is 0.198. The molecule has 196 valence electrons. The predicted octanol–water partition coefficient (Wildman–Crippen LogP) is 7.58. The van der Waals surface area contributed by atoms with Gasteiger partial charge in [0.25, 0.3) is 0 Å². The monoisotopic (exact) mass is 600 g/mol. The van der Waals surface area contributed by atoms with Crippen LogP contribution < -0.4 is 18.9 Å². The molecule has 0 saturated heterocycles. The Morgan fingerprint density at radius 2 is 1.12 bits per heavy atom. The topological polar surface area (TPSA) is 132 Å². The highest BCUT2D eigenvalue weighted by molar-refractivity contribution is 7.29. The van der Waals surface area contributed by atoms with Gasteiger partial charge in [-0.3, -0.25) is 0 Å². The lowest BCUT2D eigenvalue weighted by Crippen LogP contribution is -2.14. The molecule has 4 aromatic heterocycles. The van der Waals surface area contributed by atoms with Crippen molar-refractivity contribution in [1.29, 1.82) is 21.0 Å².